The number of anilines is 1. The monoisotopic (exact) mass is 421 g/mol. The number of halogens is 2. The van der Waals surface area contributed by atoms with Gasteiger partial charge in [0.15, 0.2) is 5.65 Å². The number of fused-ring (bicyclic) bond motifs is 1. The van der Waals surface area contributed by atoms with Crippen molar-refractivity contribution < 1.29 is 0 Å². The lowest BCUT2D eigenvalue weighted by Gasteiger charge is -2.39. The number of imidazole rings is 1. The highest BCUT2D eigenvalue weighted by atomic mass is 35.5. The zero-order chi connectivity index (χ0) is 19.0. The predicted octanol–water partition coefficient (Wildman–Crippen LogP) is 4.77. The van der Waals surface area contributed by atoms with Crippen molar-refractivity contribution in [1.29, 1.82) is 0 Å². The predicted molar refractivity (Wildman–Crippen MR) is 112 cm³/mol. The summed E-state index contributed by atoms with van der Waals surface area (Å²) < 4.78 is 2.06. The summed E-state index contributed by atoms with van der Waals surface area (Å²) in [5, 5.41) is 4.54. The van der Waals surface area contributed by atoms with E-state index in [4.69, 9.17) is 28.2 Å². The molecule has 3 heterocycles. The number of nitrogens with zero attached hydrogens (tertiary/aromatic N) is 4. The van der Waals surface area contributed by atoms with Crippen LogP contribution in [0.1, 0.15) is 19.8 Å². The van der Waals surface area contributed by atoms with Gasteiger partial charge in [-0.3, -0.25) is 4.40 Å². The van der Waals surface area contributed by atoms with Gasteiger partial charge in [0, 0.05) is 42.1 Å². The number of hydrogen-bond donors (Lipinski definition) is 1. The molecule has 0 spiro atoms. The van der Waals surface area contributed by atoms with Gasteiger partial charge in [-0.05, 0) is 38.9 Å². The summed E-state index contributed by atoms with van der Waals surface area (Å²) in [4.78, 5) is 13.5. The number of hydrogen-bond acceptors (Lipinski definition) is 5. The summed E-state index contributed by atoms with van der Waals surface area (Å²) in [6.07, 6.45) is 7.82. The molecule has 0 bridgehead atoms. The van der Waals surface area contributed by atoms with Crippen LogP contribution < -0.4 is 10.2 Å². The van der Waals surface area contributed by atoms with Gasteiger partial charge in [0.2, 0.25) is 5.95 Å². The molecule has 0 radical (unpaired) electrons. The number of rotatable bonds is 4. The minimum Gasteiger partial charge on any atom is -0.342 e. The van der Waals surface area contributed by atoms with E-state index in [2.05, 4.69) is 26.5 Å². The molecule has 3 aromatic rings. The summed E-state index contributed by atoms with van der Waals surface area (Å²) in [5.41, 5.74) is 1.08. The summed E-state index contributed by atoms with van der Waals surface area (Å²) in [6.45, 7) is 4.20. The molecular weight excluding hydrogens is 401 g/mol. The first-order valence-corrected chi connectivity index (χ1v) is 10.5. The lowest BCUT2D eigenvalue weighted by Crippen LogP contribution is -2.50. The first-order chi connectivity index (χ1) is 13.0. The fourth-order valence-electron chi connectivity index (χ4n) is 3.32. The van der Waals surface area contributed by atoms with Gasteiger partial charge >= 0.3 is 0 Å². The SMILES string of the molecule is CNC1(C)CCN(c2ncc(Sc3cccc(Cl)c3Cl)c3nccn23)CC1. The Morgan fingerprint density at radius 3 is 2.67 bits per heavy atom. The van der Waals surface area contributed by atoms with Gasteiger partial charge in [-0.2, -0.15) is 0 Å². The minimum atomic E-state index is 0.198. The molecule has 27 heavy (non-hydrogen) atoms. The normalized spacial score (nSPS) is 16.8. The topological polar surface area (TPSA) is 45.5 Å². The molecular formula is C19H21Cl2N5S. The van der Waals surface area contributed by atoms with Crippen LogP contribution in [0, 0.1) is 0 Å². The molecule has 5 nitrogen and oxygen atoms in total. The quantitative estimate of drug-likeness (QED) is 0.657. The first-order valence-electron chi connectivity index (χ1n) is 8.88. The molecule has 8 heteroatoms. The molecule has 1 saturated heterocycles. The molecule has 1 aromatic carbocycles. The fraction of sp³-hybridized carbons (Fsp3) is 0.368. The molecule has 1 N–H and O–H groups in total. The van der Waals surface area contributed by atoms with E-state index in [1.807, 2.05) is 37.8 Å². The summed E-state index contributed by atoms with van der Waals surface area (Å²) in [6, 6.07) is 5.64. The van der Waals surface area contributed by atoms with E-state index in [1.54, 1.807) is 6.07 Å². The Balaban J connectivity index is 1.64. The van der Waals surface area contributed by atoms with Crippen LogP contribution in [0.15, 0.2) is 46.6 Å². The van der Waals surface area contributed by atoms with E-state index < -0.39 is 0 Å². The van der Waals surface area contributed by atoms with Crippen LogP contribution in [0.2, 0.25) is 10.0 Å². The van der Waals surface area contributed by atoms with E-state index >= 15 is 0 Å². The summed E-state index contributed by atoms with van der Waals surface area (Å²) >= 11 is 14.0. The fourth-order valence-corrected chi connectivity index (χ4v) is 4.72. The van der Waals surface area contributed by atoms with E-state index in [-0.39, 0.29) is 5.54 Å². The first kappa shape index (κ1) is 18.9. The highest BCUT2D eigenvalue weighted by Crippen LogP contribution is 2.38. The van der Waals surface area contributed by atoms with Crippen LogP contribution in [0.25, 0.3) is 5.65 Å². The van der Waals surface area contributed by atoms with Crippen LogP contribution in [0.5, 0.6) is 0 Å². The van der Waals surface area contributed by atoms with Crippen molar-refractivity contribution in [1.82, 2.24) is 19.7 Å². The Labute approximate surface area is 173 Å². The van der Waals surface area contributed by atoms with Crippen LogP contribution in [-0.4, -0.2) is 40.0 Å². The smallest absolute Gasteiger partial charge is 0.211 e. The van der Waals surface area contributed by atoms with E-state index in [1.165, 1.54) is 11.8 Å². The van der Waals surface area contributed by atoms with Crippen molar-refractivity contribution in [3.05, 3.63) is 46.8 Å². The lowest BCUT2D eigenvalue weighted by molar-refractivity contribution is 0.303. The van der Waals surface area contributed by atoms with Crippen LogP contribution in [-0.2, 0) is 0 Å². The average Bonchev–Trinajstić information content (AvgIpc) is 3.17. The molecule has 2 aromatic heterocycles. The second-order valence-electron chi connectivity index (χ2n) is 7.00. The molecule has 1 aliphatic heterocycles. The van der Waals surface area contributed by atoms with E-state index in [0.717, 1.165) is 47.3 Å². The molecule has 0 amide bonds. The minimum absolute atomic E-state index is 0.198. The largest absolute Gasteiger partial charge is 0.342 e. The lowest BCUT2D eigenvalue weighted by atomic mass is 9.90. The number of aromatic nitrogens is 3. The van der Waals surface area contributed by atoms with Crippen molar-refractivity contribution in [2.45, 2.75) is 35.1 Å². The highest BCUT2D eigenvalue weighted by molar-refractivity contribution is 7.99. The maximum Gasteiger partial charge on any atom is 0.211 e. The third-order valence-corrected chi connectivity index (χ3v) is 7.26. The van der Waals surface area contributed by atoms with Crippen molar-refractivity contribution >= 4 is 46.6 Å². The van der Waals surface area contributed by atoms with E-state index in [0.29, 0.717) is 10.0 Å². The second-order valence-corrected chi connectivity index (χ2v) is 8.86. The van der Waals surface area contributed by atoms with Gasteiger partial charge < -0.3 is 10.2 Å². The summed E-state index contributed by atoms with van der Waals surface area (Å²) in [7, 11) is 2.04. The van der Waals surface area contributed by atoms with Crippen LogP contribution in [0.4, 0.5) is 5.95 Å². The molecule has 0 unspecified atom stereocenters. The third kappa shape index (κ3) is 3.63. The number of benzene rings is 1. The molecule has 142 valence electrons. The average molecular weight is 422 g/mol. The van der Waals surface area contributed by atoms with Crippen LogP contribution in [0.3, 0.4) is 0 Å². The van der Waals surface area contributed by atoms with Gasteiger partial charge in [-0.1, -0.05) is 41.0 Å². The zero-order valence-electron chi connectivity index (χ0n) is 15.2. The maximum atomic E-state index is 6.35. The van der Waals surface area contributed by atoms with Gasteiger partial charge in [0.1, 0.15) is 0 Å². The Hall–Kier alpha value is -1.47. The summed E-state index contributed by atoms with van der Waals surface area (Å²) in [5.74, 6) is 0.933. The second kappa shape index (κ2) is 7.51. The molecule has 4 rings (SSSR count). The standard InChI is InChI=1S/C19H21Cl2N5S/c1-19(22-2)6-9-25(10-7-19)18-24-12-15(17-23-8-11-26(17)18)27-14-5-3-4-13(20)16(14)21/h3-5,8,11-12,22H,6-7,9-10H2,1-2H3. The molecule has 0 saturated carbocycles. The van der Waals surface area contributed by atoms with E-state index in [9.17, 15) is 0 Å². The van der Waals surface area contributed by atoms with Gasteiger partial charge in [-0.15, -0.1) is 0 Å². The molecule has 0 aliphatic carbocycles. The highest BCUT2D eigenvalue weighted by Gasteiger charge is 2.29. The van der Waals surface area contributed by atoms with Gasteiger partial charge in [0.05, 0.1) is 14.9 Å². The van der Waals surface area contributed by atoms with Crippen LogP contribution >= 0.6 is 35.0 Å². The number of nitrogens with one attached hydrogen (secondary N) is 1. The zero-order valence-corrected chi connectivity index (χ0v) is 17.6. The Morgan fingerprint density at radius 1 is 1.15 bits per heavy atom. The van der Waals surface area contributed by atoms with Gasteiger partial charge in [0.25, 0.3) is 0 Å². The molecule has 0 atom stereocenters. The van der Waals surface area contributed by atoms with Crippen molar-refractivity contribution in [3.63, 3.8) is 0 Å². The Bertz CT molecular complexity index is 966. The molecule has 1 aliphatic rings. The third-order valence-electron chi connectivity index (χ3n) is 5.26. The van der Waals surface area contributed by atoms with Crippen molar-refractivity contribution in [2.75, 3.05) is 25.0 Å². The van der Waals surface area contributed by atoms with Crippen molar-refractivity contribution in [3.8, 4) is 0 Å². The van der Waals surface area contributed by atoms with Gasteiger partial charge in [-0.25, -0.2) is 9.97 Å². The Morgan fingerprint density at radius 2 is 1.93 bits per heavy atom. The van der Waals surface area contributed by atoms with Crippen molar-refractivity contribution in [2.24, 2.45) is 0 Å². The molecule has 1 fully saturated rings. The number of piperidine rings is 1. The maximum absolute atomic E-state index is 6.35. The Kier molecular flexibility index (Phi) is 5.25.